The van der Waals surface area contributed by atoms with Gasteiger partial charge in [-0.15, -0.1) is 6.58 Å². The quantitative estimate of drug-likeness (QED) is 0.350. The number of benzene rings is 1. The van der Waals surface area contributed by atoms with Crippen LogP contribution in [-0.2, 0) is 14.3 Å². The molecule has 0 spiro atoms. The van der Waals surface area contributed by atoms with Crippen LogP contribution in [0.4, 0.5) is 0 Å². The molecule has 1 aliphatic heterocycles. The molecule has 0 radical (unpaired) electrons. The van der Waals surface area contributed by atoms with E-state index in [2.05, 4.69) is 11.6 Å². The predicted molar refractivity (Wildman–Crippen MR) is 131 cm³/mol. The van der Waals surface area contributed by atoms with Gasteiger partial charge >= 0.3 is 5.97 Å². The molecule has 176 valence electrons. The van der Waals surface area contributed by atoms with E-state index < -0.39 is 23.0 Å². The van der Waals surface area contributed by atoms with Crippen molar-refractivity contribution in [1.82, 2.24) is 9.88 Å². The molecule has 5 nitrogen and oxygen atoms in total. The molecule has 1 amide bonds. The van der Waals surface area contributed by atoms with Crippen molar-refractivity contribution in [2.24, 2.45) is 5.41 Å². The molecule has 3 rings (SSSR count). The number of ether oxygens (including phenoxy) is 1. The highest BCUT2D eigenvalue weighted by molar-refractivity contribution is 6.30. The third kappa shape index (κ3) is 5.96. The van der Waals surface area contributed by atoms with Crippen LogP contribution in [0, 0.1) is 5.41 Å². The van der Waals surface area contributed by atoms with Gasteiger partial charge in [0, 0.05) is 27.9 Å². The molecule has 0 bridgehead atoms. The minimum absolute atomic E-state index is 0.119. The van der Waals surface area contributed by atoms with Crippen LogP contribution in [0.25, 0.3) is 0 Å². The van der Waals surface area contributed by atoms with Crippen molar-refractivity contribution < 1.29 is 14.3 Å². The van der Waals surface area contributed by atoms with Crippen molar-refractivity contribution >= 4 is 35.1 Å². The van der Waals surface area contributed by atoms with Gasteiger partial charge < -0.3 is 9.64 Å². The lowest BCUT2D eigenvalue weighted by atomic mass is 9.68. The van der Waals surface area contributed by atoms with Gasteiger partial charge in [-0.25, -0.2) is 0 Å². The largest absolute Gasteiger partial charge is 0.459 e. The van der Waals surface area contributed by atoms with Crippen LogP contribution in [0.15, 0.2) is 55.3 Å². The standard InChI is InChI=1S/C26H30Cl2N2O3/c1-6-12-26(5)15-20(21-14-19(28)11-13-29-21)23(17-7-9-18(27)10-8-17)30(24(26)32)16-22(31)33-25(2,3)4/h6-11,13-14,20,23H,1,12,15-16H2,2-5H3/t20-,23-,26+/m1/s1. The Morgan fingerprint density at radius 3 is 2.48 bits per heavy atom. The second kappa shape index (κ2) is 9.86. The molecule has 0 N–H and O–H groups in total. The fourth-order valence-electron chi connectivity index (χ4n) is 4.51. The molecule has 1 fully saturated rings. The molecule has 2 heterocycles. The SMILES string of the molecule is C=CC[C@@]1(C)C[C@H](c2cc(Cl)ccn2)[C@@H](c2ccc(Cl)cc2)N(CC(=O)OC(C)(C)C)C1=O. The lowest BCUT2D eigenvalue weighted by Crippen LogP contribution is -2.53. The number of piperidine rings is 1. The molecule has 1 aromatic carbocycles. The monoisotopic (exact) mass is 488 g/mol. The average Bonchev–Trinajstić information content (AvgIpc) is 2.71. The minimum atomic E-state index is -0.749. The highest BCUT2D eigenvalue weighted by Crippen LogP contribution is 2.50. The molecule has 0 unspecified atom stereocenters. The molecule has 1 aromatic heterocycles. The fourth-order valence-corrected chi connectivity index (χ4v) is 4.80. The summed E-state index contributed by atoms with van der Waals surface area (Å²) in [5, 5.41) is 1.16. The summed E-state index contributed by atoms with van der Waals surface area (Å²) in [6.07, 6.45) is 4.41. The number of carbonyl (C=O) groups excluding carboxylic acids is 2. The van der Waals surface area contributed by atoms with Crippen molar-refractivity contribution in [1.29, 1.82) is 0 Å². The summed E-state index contributed by atoms with van der Waals surface area (Å²) in [6.45, 7) is 11.0. The van der Waals surface area contributed by atoms with E-state index in [1.165, 1.54) is 0 Å². The third-order valence-corrected chi connectivity index (χ3v) is 6.30. The van der Waals surface area contributed by atoms with Crippen molar-refractivity contribution in [3.63, 3.8) is 0 Å². The molecule has 3 atom stereocenters. The van der Waals surface area contributed by atoms with Gasteiger partial charge in [-0.05, 0) is 63.4 Å². The number of amides is 1. The summed E-state index contributed by atoms with van der Waals surface area (Å²) in [6, 6.07) is 10.4. The zero-order chi connectivity index (χ0) is 24.4. The first-order valence-electron chi connectivity index (χ1n) is 10.9. The lowest BCUT2D eigenvalue weighted by molar-refractivity contribution is -0.166. The predicted octanol–water partition coefficient (Wildman–Crippen LogP) is 6.37. The molecule has 2 aromatic rings. The topological polar surface area (TPSA) is 59.5 Å². The zero-order valence-electron chi connectivity index (χ0n) is 19.5. The fraction of sp³-hybridized carbons (Fsp3) is 0.423. The Balaban J connectivity index is 2.14. The van der Waals surface area contributed by atoms with Crippen LogP contribution in [0.2, 0.25) is 10.0 Å². The van der Waals surface area contributed by atoms with Gasteiger partial charge in [0.2, 0.25) is 5.91 Å². The van der Waals surface area contributed by atoms with Crippen molar-refractivity contribution in [2.75, 3.05) is 6.54 Å². The van der Waals surface area contributed by atoms with Gasteiger partial charge in [-0.1, -0.05) is 48.3 Å². The number of nitrogens with zero attached hydrogens (tertiary/aromatic N) is 2. The third-order valence-electron chi connectivity index (χ3n) is 5.81. The van der Waals surface area contributed by atoms with E-state index in [0.29, 0.717) is 22.9 Å². The molecular weight excluding hydrogens is 459 g/mol. The number of halogens is 2. The number of allylic oxidation sites excluding steroid dienone is 1. The average molecular weight is 489 g/mol. The number of hydrogen-bond donors (Lipinski definition) is 0. The van der Waals surface area contributed by atoms with Gasteiger partial charge in [0.25, 0.3) is 0 Å². The van der Waals surface area contributed by atoms with E-state index in [4.69, 9.17) is 27.9 Å². The van der Waals surface area contributed by atoms with Crippen LogP contribution in [0.1, 0.15) is 63.8 Å². The Morgan fingerprint density at radius 1 is 1.24 bits per heavy atom. The maximum atomic E-state index is 13.8. The molecule has 0 saturated carbocycles. The van der Waals surface area contributed by atoms with Crippen LogP contribution in [0.5, 0.6) is 0 Å². The maximum Gasteiger partial charge on any atom is 0.326 e. The van der Waals surface area contributed by atoms with Gasteiger partial charge in [0.15, 0.2) is 0 Å². The van der Waals surface area contributed by atoms with Gasteiger partial charge in [0.05, 0.1) is 11.5 Å². The number of rotatable bonds is 6. The van der Waals surface area contributed by atoms with Gasteiger partial charge in [0.1, 0.15) is 12.1 Å². The van der Waals surface area contributed by atoms with Crippen molar-refractivity contribution in [2.45, 2.75) is 58.1 Å². The number of hydrogen-bond acceptors (Lipinski definition) is 4. The number of aromatic nitrogens is 1. The number of carbonyl (C=O) groups is 2. The summed E-state index contributed by atoms with van der Waals surface area (Å²) < 4.78 is 5.57. The summed E-state index contributed by atoms with van der Waals surface area (Å²) in [4.78, 5) is 32.9. The molecule has 1 saturated heterocycles. The molecule has 33 heavy (non-hydrogen) atoms. The lowest BCUT2D eigenvalue weighted by Gasteiger charge is -2.48. The van der Waals surface area contributed by atoms with Crippen molar-refractivity contribution in [3.05, 3.63) is 76.6 Å². The molecule has 1 aliphatic rings. The second-order valence-corrected chi connectivity index (χ2v) is 10.7. The normalized spacial score (nSPS) is 23.3. The van der Waals surface area contributed by atoms with E-state index in [0.717, 1.165) is 11.3 Å². The summed E-state index contributed by atoms with van der Waals surface area (Å²) in [5.74, 6) is -0.781. The number of likely N-dealkylation sites (tertiary alicyclic amines) is 1. The Hall–Kier alpha value is -2.37. The number of pyridine rings is 1. The van der Waals surface area contributed by atoms with Crippen LogP contribution in [-0.4, -0.2) is 33.9 Å². The van der Waals surface area contributed by atoms with Gasteiger partial charge in [-0.2, -0.15) is 0 Å². The Morgan fingerprint density at radius 2 is 1.91 bits per heavy atom. The summed E-state index contributed by atoms with van der Waals surface area (Å²) in [5.41, 5.74) is 0.217. The maximum absolute atomic E-state index is 13.8. The summed E-state index contributed by atoms with van der Waals surface area (Å²) >= 11 is 12.4. The first-order chi connectivity index (χ1) is 15.4. The first-order valence-corrected chi connectivity index (χ1v) is 11.7. The van der Waals surface area contributed by atoms with Gasteiger partial charge in [-0.3, -0.25) is 14.6 Å². The first kappa shape index (κ1) is 25.3. The Kier molecular flexibility index (Phi) is 7.55. The zero-order valence-corrected chi connectivity index (χ0v) is 21.0. The van der Waals surface area contributed by atoms with E-state index >= 15 is 0 Å². The second-order valence-electron chi connectivity index (χ2n) is 9.78. The van der Waals surface area contributed by atoms with E-state index in [9.17, 15) is 9.59 Å². The smallest absolute Gasteiger partial charge is 0.326 e. The Bertz CT molecular complexity index is 1030. The van der Waals surface area contributed by atoms with Crippen LogP contribution in [0.3, 0.4) is 0 Å². The van der Waals surface area contributed by atoms with E-state index in [1.807, 2.05) is 25.1 Å². The Labute approximate surface area is 205 Å². The van der Waals surface area contributed by atoms with Crippen LogP contribution < -0.4 is 0 Å². The van der Waals surface area contributed by atoms with E-state index in [1.54, 1.807) is 56.1 Å². The molecule has 0 aliphatic carbocycles. The molecular formula is C26H30Cl2N2O3. The molecule has 7 heteroatoms. The van der Waals surface area contributed by atoms with Crippen molar-refractivity contribution in [3.8, 4) is 0 Å². The minimum Gasteiger partial charge on any atom is -0.459 e. The van der Waals surface area contributed by atoms with E-state index in [-0.39, 0.29) is 18.4 Å². The number of esters is 1. The van der Waals surface area contributed by atoms with Crippen LogP contribution >= 0.6 is 23.2 Å². The highest BCUT2D eigenvalue weighted by atomic mass is 35.5. The highest BCUT2D eigenvalue weighted by Gasteiger charge is 2.50. The summed E-state index contributed by atoms with van der Waals surface area (Å²) in [7, 11) is 0.